The molecule has 2 rings (SSSR count). The van der Waals surface area contributed by atoms with Gasteiger partial charge in [0.15, 0.2) is 11.6 Å². The van der Waals surface area contributed by atoms with Crippen LogP contribution in [0.3, 0.4) is 0 Å². The largest absolute Gasteiger partial charge is 0.494 e. The van der Waals surface area contributed by atoms with Crippen molar-refractivity contribution in [1.82, 2.24) is 0 Å². The average Bonchev–Trinajstić information content (AvgIpc) is 2.57. The molecule has 0 radical (unpaired) electrons. The SMILES string of the molecule is CCCOc1ccc(C#Cc2ccc(CCC)c(F)c2F)cc1. The van der Waals surface area contributed by atoms with E-state index in [4.69, 9.17) is 4.74 Å². The minimum atomic E-state index is -0.869. The Kier molecular flexibility index (Phi) is 6.17. The minimum absolute atomic E-state index is 0.0775. The summed E-state index contributed by atoms with van der Waals surface area (Å²) in [5.41, 5.74) is 1.20. The van der Waals surface area contributed by atoms with E-state index in [2.05, 4.69) is 11.8 Å². The van der Waals surface area contributed by atoms with Crippen LogP contribution in [0.25, 0.3) is 0 Å². The molecule has 3 heteroatoms. The van der Waals surface area contributed by atoms with Gasteiger partial charge in [0.25, 0.3) is 0 Å². The first-order valence-electron chi connectivity index (χ1n) is 7.87. The van der Waals surface area contributed by atoms with Crippen molar-refractivity contribution < 1.29 is 13.5 Å². The number of aryl methyl sites for hydroxylation is 1. The van der Waals surface area contributed by atoms with E-state index >= 15 is 0 Å². The molecular weight excluding hydrogens is 294 g/mol. The summed E-state index contributed by atoms with van der Waals surface area (Å²) in [4.78, 5) is 0. The van der Waals surface area contributed by atoms with E-state index in [-0.39, 0.29) is 5.56 Å². The highest BCUT2D eigenvalue weighted by Gasteiger charge is 2.11. The van der Waals surface area contributed by atoms with Gasteiger partial charge in [0.05, 0.1) is 12.2 Å². The predicted molar refractivity (Wildman–Crippen MR) is 88.6 cm³/mol. The molecule has 0 atom stereocenters. The zero-order valence-electron chi connectivity index (χ0n) is 13.5. The van der Waals surface area contributed by atoms with Crippen LogP contribution in [0.2, 0.25) is 0 Å². The van der Waals surface area contributed by atoms with Gasteiger partial charge in [-0.25, -0.2) is 8.78 Å². The fourth-order valence-electron chi connectivity index (χ4n) is 2.14. The zero-order chi connectivity index (χ0) is 16.7. The summed E-state index contributed by atoms with van der Waals surface area (Å²) >= 11 is 0. The van der Waals surface area contributed by atoms with E-state index in [0.29, 0.717) is 18.6 Å². The first kappa shape index (κ1) is 17.0. The lowest BCUT2D eigenvalue weighted by Gasteiger charge is -2.04. The van der Waals surface area contributed by atoms with Crippen molar-refractivity contribution in [3.8, 4) is 17.6 Å². The van der Waals surface area contributed by atoms with Crippen LogP contribution >= 0.6 is 0 Å². The van der Waals surface area contributed by atoms with Crippen molar-refractivity contribution in [2.75, 3.05) is 6.61 Å². The maximum Gasteiger partial charge on any atom is 0.174 e. The number of hydrogen-bond donors (Lipinski definition) is 0. The summed E-state index contributed by atoms with van der Waals surface area (Å²) in [6.07, 6.45) is 2.24. The molecule has 2 aromatic rings. The molecule has 0 amide bonds. The predicted octanol–water partition coefficient (Wildman–Crippen LogP) is 5.11. The standard InChI is InChI=1S/C20H20F2O/c1-3-5-16-10-11-17(20(22)19(16)21)9-6-15-7-12-18(13-8-15)23-14-4-2/h7-8,10-13H,3-5,14H2,1-2H3. The van der Waals surface area contributed by atoms with Crippen molar-refractivity contribution in [2.45, 2.75) is 33.1 Å². The molecule has 1 nitrogen and oxygen atoms in total. The fraction of sp³-hybridized carbons (Fsp3) is 0.300. The topological polar surface area (TPSA) is 9.23 Å². The monoisotopic (exact) mass is 314 g/mol. The fourth-order valence-corrected chi connectivity index (χ4v) is 2.14. The van der Waals surface area contributed by atoms with Crippen LogP contribution in [0.15, 0.2) is 36.4 Å². The Labute approximate surface area is 136 Å². The van der Waals surface area contributed by atoms with Crippen molar-refractivity contribution in [2.24, 2.45) is 0 Å². The molecule has 0 spiro atoms. The molecule has 0 aromatic heterocycles. The molecule has 0 unspecified atom stereocenters. The van der Waals surface area contributed by atoms with Crippen LogP contribution in [-0.4, -0.2) is 6.61 Å². The summed E-state index contributed by atoms with van der Waals surface area (Å²) in [5, 5.41) is 0. The van der Waals surface area contributed by atoms with E-state index in [1.165, 1.54) is 6.07 Å². The summed E-state index contributed by atoms with van der Waals surface area (Å²) < 4.78 is 33.4. The van der Waals surface area contributed by atoms with Crippen LogP contribution in [0.4, 0.5) is 8.78 Å². The molecule has 0 saturated carbocycles. The molecule has 0 saturated heterocycles. The lowest BCUT2D eigenvalue weighted by Crippen LogP contribution is -1.97. The number of ether oxygens (including phenoxy) is 1. The average molecular weight is 314 g/mol. The van der Waals surface area contributed by atoms with Gasteiger partial charge in [0, 0.05) is 5.56 Å². The second-order valence-corrected chi connectivity index (χ2v) is 5.27. The number of hydrogen-bond acceptors (Lipinski definition) is 1. The van der Waals surface area contributed by atoms with Gasteiger partial charge in [0.1, 0.15) is 5.75 Å². The first-order valence-corrected chi connectivity index (χ1v) is 7.87. The molecule has 0 aliphatic rings. The van der Waals surface area contributed by atoms with Crippen molar-refractivity contribution >= 4 is 0 Å². The van der Waals surface area contributed by atoms with Gasteiger partial charge in [-0.15, -0.1) is 0 Å². The summed E-state index contributed by atoms with van der Waals surface area (Å²) in [6, 6.07) is 10.4. The van der Waals surface area contributed by atoms with Crippen LogP contribution in [-0.2, 0) is 6.42 Å². The Balaban J connectivity index is 2.17. The Morgan fingerprint density at radius 3 is 2.26 bits per heavy atom. The summed E-state index contributed by atoms with van der Waals surface area (Å²) in [5.74, 6) is 4.67. The molecule has 2 aromatic carbocycles. The lowest BCUT2D eigenvalue weighted by molar-refractivity contribution is 0.317. The Morgan fingerprint density at radius 2 is 1.61 bits per heavy atom. The quantitative estimate of drug-likeness (QED) is 0.697. The maximum absolute atomic E-state index is 14.0. The molecule has 0 fully saturated rings. The van der Waals surface area contributed by atoms with Crippen LogP contribution in [0.5, 0.6) is 5.75 Å². The molecule has 0 aliphatic carbocycles. The van der Waals surface area contributed by atoms with E-state index in [0.717, 1.165) is 24.2 Å². The van der Waals surface area contributed by atoms with Crippen molar-refractivity contribution in [3.63, 3.8) is 0 Å². The third kappa shape index (κ3) is 4.56. The normalized spacial score (nSPS) is 10.1. The molecular formula is C20H20F2O. The summed E-state index contributed by atoms with van der Waals surface area (Å²) in [6.45, 7) is 4.64. The molecule has 120 valence electrons. The number of rotatable bonds is 5. The number of halogens is 2. The highest BCUT2D eigenvalue weighted by Crippen LogP contribution is 2.17. The molecule has 23 heavy (non-hydrogen) atoms. The molecule has 0 bridgehead atoms. The second kappa shape index (κ2) is 8.33. The van der Waals surface area contributed by atoms with E-state index in [9.17, 15) is 8.78 Å². The maximum atomic E-state index is 14.0. The van der Waals surface area contributed by atoms with Crippen LogP contribution in [0.1, 0.15) is 43.4 Å². The van der Waals surface area contributed by atoms with E-state index in [1.807, 2.05) is 26.0 Å². The number of benzene rings is 2. The smallest absolute Gasteiger partial charge is 0.174 e. The minimum Gasteiger partial charge on any atom is -0.494 e. The molecule has 0 heterocycles. The highest BCUT2D eigenvalue weighted by atomic mass is 19.2. The van der Waals surface area contributed by atoms with Gasteiger partial charge in [-0.05, 0) is 48.7 Å². The van der Waals surface area contributed by atoms with E-state index in [1.54, 1.807) is 18.2 Å². The lowest BCUT2D eigenvalue weighted by atomic mass is 10.1. The highest BCUT2D eigenvalue weighted by molar-refractivity contribution is 5.45. The van der Waals surface area contributed by atoms with Gasteiger partial charge in [-0.1, -0.05) is 38.2 Å². The Bertz CT molecular complexity index is 709. The zero-order valence-corrected chi connectivity index (χ0v) is 13.5. The van der Waals surface area contributed by atoms with Gasteiger partial charge in [-0.2, -0.15) is 0 Å². The van der Waals surface area contributed by atoms with E-state index < -0.39 is 11.6 Å². The van der Waals surface area contributed by atoms with Crippen molar-refractivity contribution in [1.29, 1.82) is 0 Å². The van der Waals surface area contributed by atoms with Crippen molar-refractivity contribution in [3.05, 3.63) is 64.7 Å². The Morgan fingerprint density at radius 1 is 0.870 bits per heavy atom. The molecule has 0 aliphatic heterocycles. The van der Waals surface area contributed by atoms with Crippen LogP contribution < -0.4 is 4.74 Å². The third-order valence-electron chi connectivity index (χ3n) is 3.35. The summed E-state index contributed by atoms with van der Waals surface area (Å²) in [7, 11) is 0. The third-order valence-corrected chi connectivity index (χ3v) is 3.35. The van der Waals surface area contributed by atoms with Gasteiger partial charge in [0.2, 0.25) is 0 Å². The Hall–Kier alpha value is -2.34. The van der Waals surface area contributed by atoms with Gasteiger partial charge >= 0.3 is 0 Å². The van der Waals surface area contributed by atoms with Crippen LogP contribution in [0, 0.1) is 23.5 Å². The van der Waals surface area contributed by atoms with Gasteiger partial charge < -0.3 is 4.74 Å². The molecule has 0 N–H and O–H groups in total. The second-order valence-electron chi connectivity index (χ2n) is 5.27. The van der Waals surface area contributed by atoms with Gasteiger partial charge in [-0.3, -0.25) is 0 Å². The first-order chi connectivity index (χ1) is 11.2.